The molecule has 1 N–H and O–H groups in total. The first kappa shape index (κ1) is 7.94. The van der Waals surface area contributed by atoms with Gasteiger partial charge in [-0.05, 0) is 0 Å². The van der Waals surface area contributed by atoms with Crippen LogP contribution in [0.15, 0.2) is 12.4 Å². The van der Waals surface area contributed by atoms with Gasteiger partial charge in [-0.2, -0.15) is 0 Å². The minimum atomic E-state index is 0.334. The summed E-state index contributed by atoms with van der Waals surface area (Å²) in [4.78, 5) is 17.6. The quantitative estimate of drug-likeness (QED) is 0.669. The highest BCUT2D eigenvalue weighted by atomic mass is 35.5. The molecule has 4 nitrogen and oxygen atoms in total. The highest BCUT2D eigenvalue weighted by Crippen LogP contribution is 2.01. The normalized spacial score (nSPS) is 9.18. The van der Waals surface area contributed by atoms with E-state index >= 15 is 0 Å². The molecule has 0 fully saturated rings. The summed E-state index contributed by atoms with van der Waals surface area (Å²) in [6.07, 6.45) is 3.56. The van der Waals surface area contributed by atoms with Gasteiger partial charge in [0.15, 0.2) is 0 Å². The van der Waals surface area contributed by atoms with Gasteiger partial charge in [-0.1, -0.05) is 11.6 Å². The van der Waals surface area contributed by atoms with Gasteiger partial charge in [0, 0.05) is 12.4 Å². The molecule has 1 heterocycles. The van der Waals surface area contributed by atoms with E-state index < -0.39 is 0 Å². The summed E-state index contributed by atoms with van der Waals surface area (Å²) >= 11 is 5.53. The largest absolute Gasteiger partial charge is 0.351 e. The Bertz CT molecular complexity index is 236. The number of aromatic nitrogens is 2. The highest BCUT2D eigenvalue weighted by molar-refractivity contribution is 6.30. The molecule has 0 saturated heterocycles. The molecule has 0 aliphatic heterocycles. The number of carbonyl (C=O) groups is 1. The van der Waals surface area contributed by atoms with Crippen LogP contribution in [0.5, 0.6) is 0 Å². The van der Waals surface area contributed by atoms with E-state index in [1.165, 1.54) is 12.4 Å². The number of hydrogen-bond donors (Lipinski definition) is 1. The molecule has 1 aromatic heterocycles. The minimum absolute atomic E-state index is 0.334. The lowest BCUT2D eigenvalue weighted by molar-refractivity contribution is -0.109. The third-order valence-corrected chi connectivity index (χ3v) is 1.21. The summed E-state index contributed by atoms with van der Waals surface area (Å²) in [6.45, 7) is 0.334. The molecule has 0 atom stereocenters. The van der Waals surface area contributed by atoms with Crippen LogP contribution in [0, 0.1) is 0 Å². The van der Waals surface area contributed by atoms with Gasteiger partial charge in [0.05, 0.1) is 11.6 Å². The second-order valence-corrected chi connectivity index (χ2v) is 2.25. The lowest BCUT2D eigenvalue weighted by Gasteiger charge is -1.95. The fourth-order valence-corrected chi connectivity index (χ4v) is 0.661. The number of nitrogens with zero attached hydrogens (tertiary/aromatic N) is 2. The Morgan fingerprint density at radius 1 is 1.55 bits per heavy atom. The number of rotatable bonds is 3. The Hall–Kier alpha value is -1.16. The van der Waals surface area contributed by atoms with E-state index in [9.17, 15) is 4.79 Å². The van der Waals surface area contributed by atoms with Gasteiger partial charge in [0.25, 0.3) is 0 Å². The number of nitrogens with one attached hydrogen (secondary N) is 1. The van der Waals surface area contributed by atoms with Gasteiger partial charge in [0.2, 0.25) is 6.41 Å². The fraction of sp³-hybridized carbons (Fsp3) is 0.167. The predicted molar refractivity (Wildman–Crippen MR) is 39.9 cm³/mol. The number of amides is 1. The van der Waals surface area contributed by atoms with Crippen LogP contribution in [0.3, 0.4) is 0 Å². The SMILES string of the molecule is O=CNCc1ncc(Cl)cn1. The van der Waals surface area contributed by atoms with Gasteiger partial charge in [-0.3, -0.25) is 4.79 Å². The van der Waals surface area contributed by atoms with Crippen molar-refractivity contribution in [1.29, 1.82) is 0 Å². The molecule has 0 aliphatic rings. The number of carbonyl (C=O) groups excluding carboxylic acids is 1. The molecule has 1 rings (SSSR count). The second kappa shape index (κ2) is 3.88. The van der Waals surface area contributed by atoms with E-state index in [0.717, 1.165) is 0 Å². The Kier molecular flexibility index (Phi) is 2.80. The summed E-state index contributed by atoms with van der Waals surface area (Å²) < 4.78 is 0. The zero-order chi connectivity index (χ0) is 8.10. The number of halogens is 1. The molecule has 5 heteroatoms. The standard InChI is InChI=1S/C6H6ClN3O/c7-5-1-9-6(10-2-5)3-8-4-11/h1-2,4H,3H2,(H,8,11). The van der Waals surface area contributed by atoms with Crippen LogP contribution in [0.2, 0.25) is 5.02 Å². The van der Waals surface area contributed by atoms with E-state index in [1.54, 1.807) is 0 Å². The Morgan fingerprint density at radius 3 is 2.73 bits per heavy atom. The summed E-state index contributed by atoms with van der Waals surface area (Å²) in [5, 5.41) is 2.92. The zero-order valence-electron chi connectivity index (χ0n) is 5.62. The third kappa shape index (κ3) is 2.51. The van der Waals surface area contributed by atoms with Gasteiger partial charge in [0.1, 0.15) is 5.82 Å². The molecule has 0 radical (unpaired) electrons. The monoisotopic (exact) mass is 171 g/mol. The molecule has 0 aliphatic carbocycles. The molecule has 0 aromatic carbocycles. The molecular formula is C6H6ClN3O. The van der Waals surface area contributed by atoms with Gasteiger partial charge in [-0.25, -0.2) is 9.97 Å². The molecule has 11 heavy (non-hydrogen) atoms. The minimum Gasteiger partial charge on any atom is -0.351 e. The van der Waals surface area contributed by atoms with E-state index in [-0.39, 0.29) is 0 Å². The smallest absolute Gasteiger partial charge is 0.207 e. The maximum Gasteiger partial charge on any atom is 0.207 e. The lowest BCUT2D eigenvalue weighted by Crippen LogP contribution is -2.12. The maximum atomic E-state index is 9.85. The first-order chi connectivity index (χ1) is 5.33. The van der Waals surface area contributed by atoms with Crippen molar-refractivity contribution in [3.8, 4) is 0 Å². The van der Waals surface area contributed by atoms with Crippen molar-refractivity contribution in [3.05, 3.63) is 23.2 Å². The van der Waals surface area contributed by atoms with Crippen LogP contribution in [0.4, 0.5) is 0 Å². The highest BCUT2D eigenvalue weighted by Gasteiger charge is 1.93. The van der Waals surface area contributed by atoms with Crippen molar-refractivity contribution in [3.63, 3.8) is 0 Å². The first-order valence-corrected chi connectivity index (χ1v) is 3.34. The Labute approximate surface area is 68.6 Å². The molecular weight excluding hydrogens is 166 g/mol. The average molecular weight is 172 g/mol. The summed E-state index contributed by atoms with van der Waals surface area (Å²) in [5.41, 5.74) is 0. The van der Waals surface area contributed by atoms with E-state index in [1.807, 2.05) is 0 Å². The fourth-order valence-electron chi connectivity index (χ4n) is 0.563. The van der Waals surface area contributed by atoms with Crippen molar-refractivity contribution >= 4 is 18.0 Å². The molecule has 0 bridgehead atoms. The zero-order valence-corrected chi connectivity index (χ0v) is 6.38. The molecule has 0 unspecified atom stereocenters. The average Bonchev–Trinajstić information content (AvgIpc) is 2.04. The van der Waals surface area contributed by atoms with Crippen molar-refractivity contribution < 1.29 is 4.79 Å². The van der Waals surface area contributed by atoms with Gasteiger partial charge >= 0.3 is 0 Å². The molecule has 58 valence electrons. The van der Waals surface area contributed by atoms with Crippen LogP contribution < -0.4 is 5.32 Å². The van der Waals surface area contributed by atoms with E-state index in [2.05, 4.69) is 15.3 Å². The Morgan fingerprint density at radius 2 is 2.18 bits per heavy atom. The summed E-state index contributed by atoms with van der Waals surface area (Å²) in [7, 11) is 0. The summed E-state index contributed by atoms with van der Waals surface area (Å²) in [5.74, 6) is 0.543. The van der Waals surface area contributed by atoms with E-state index in [0.29, 0.717) is 23.8 Å². The topological polar surface area (TPSA) is 54.9 Å². The van der Waals surface area contributed by atoms with Gasteiger partial charge < -0.3 is 5.32 Å². The van der Waals surface area contributed by atoms with Crippen molar-refractivity contribution in [1.82, 2.24) is 15.3 Å². The second-order valence-electron chi connectivity index (χ2n) is 1.82. The van der Waals surface area contributed by atoms with Crippen LogP contribution in [0.1, 0.15) is 5.82 Å². The Balaban J connectivity index is 2.58. The van der Waals surface area contributed by atoms with Crippen molar-refractivity contribution in [2.75, 3.05) is 0 Å². The number of hydrogen-bond acceptors (Lipinski definition) is 3. The molecule has 0 saturated carbocycles. The maximum absolute atomic E-state index is 9.85. The predicted octanol–water partition coefficient (Wildman–Crippen LogP) is 0.376. The first-order valence-electron chi connectivity index (χ1n) is 2.96. The molecule has 0 spiro atoms. The summed E-state index contributed by atoms with van der Waals surface area (Å²) in [6, 6.07) is 0. The third-order valence-electron chi connectivity index (χ3n) is 1.02. The van der Waals surface area contributed by atoms with Crippen LogP contribution in [-0.2, 0) is 11.3 Å². The van der Waals surface area contributed by atoms with Crippen molar-refractivity contribution in [2.24, 2.45) is 0 Å². The van der Waals surface area contributed by atoms with Crippen LogP contribution >= 0.6 is 11.6 Å². The van der Waals surface area contributed by atoms with Crippen LogP contribution in [-0.4, -0.2) is 16.4 Å². The molecule has 1 aromatic rings. The van der Waals surface area contributed by atoms with E-state index in [4.69, 9.17) is 11.6 Å². The lowest BCUT2D eigenvalue weighted by atomic mass is 10.5. The van der Waals surface area contributed by atoms with Crippen LogP contribution in [0.25, 0.3) is 0 Å². The molecule has 1 amide bonds. The van der Waals surface area contributed by atoms with Crippen molar-refractivity contribution in [2.45, 2.75) is 6.54 Å². The van der Waals surface area contributed by atoms with Gasteiger partial charge in [-0.15, -0.1) is 0 Å².